The molecule has 0 heterocycles. The summed E-state index contributed by atoms with van der Waals surface area (Å²) in [5, 5.41) is 4.68. The monoisotopic (exact) mass is 301 g/mol. The molecular formula is C16H31NO2S. The number of hydrogen-bond acceptors (Lipinski definition) is 4. The Morgan fingerprint density at radius 2 is 2.00 bits per heavy atom. The Labute approximate surface area is 128 Å². The van der Waals surface area contributed by atoms with Crippen LogP contribution in [0.2, 0.25) is 0 Å². The van der Waals surface area contributed by atoms with Crippen LogP contribution in [0, 0.1) is 5.92 Å². The maximum atomic E-state index is 12.4. The topological polar surface area (TPSA) is 38.3 Å². The van der Waals surface area contributed by atoms with Gasteiger partial charge in [0.1, 0.15) is 5.54 Å². The van der Waals surface area contributed by atoms with Gasteiger partial charge in [0, 0.05) is 16.5 Å². The van der Waals surface area contributed by atoms with Crippen molar-refractivity contribution in [2.24, 2.45) is 5.92 Å². The standard InChI is InChI=1S/C16H31NO2S/c1-7-19-15(18)16(17-12(4)5)9-8-14(10-16)20-13(6)11(2)3/h11-14,17H,7-10H2,1-6H3. The van der Waals surface area contributed by atoms with E-state index in [1.165, 1.54) is 0 Å². The van der Waals surface area contributed by atoms with E-state index in [1.54, 1.807) is 0 Å². The van der Waals surface area contributed by atoms with Crippen LogP contribution in [-0.4, -0.2) is 34.7 Å². The Morgan fingerprint density at radius 1 is 1.35 bits per heavy atom. The van der Waals surface area contributed by atoms with Crippen LogP contribution < -0.4 is 5.32 Å². The molecule has 3 unspecified atom stereocenters. The molecule has 0 spiro atoms. The van der Waals surface area contributed by atoms with Crippen molar-refractivity contribution >= 4 is 17.7 Å². The van der Waals surface area contributed by atoms with E-state index in [2.05, 4.69) is 39.9 Å². The Morgan fingerprint density at radius 3 is 2.50 bits per heavy atom. The fourth-order valence-corrected chi connectivity index (χ4v) is 4.33. The van der Waals surface area contributed by atoms with Crippen LogP contribution >= 0.6 is 11.8 Å². The van der Waals surface area contributed by atoms with Gasteiger partial charge in [-0.3, -0.25) is 10.1 Å². The van der Waals surface area contributed by atoms with Gasteiger partial charge in [-0.15, -0.1) is 0 Å². The first-order chi connectivity index (χ1) is 9.30. The van der Waals surface area contributed by atoms with Crippen molar-refractivity contribution in [1.82, 2.24) is 5.32 Å². The van der Waals surface area contributed by atoms with Crippen LogP contribution in [0.1, 0.15) is 60.8 Å². The van der Waals surface area contributed by atoms with Crippen molar-refractivity contribution in [3.05, 3.63) is 0 Å². The van der Waals surface area contributed by atoms with Crippen LogP contribution in [0.5, 0.6) is 0 Å². The summed E-state index contributed by atoms with van der Waals surface area (Å²) in [5.74, 6) is 0.615. The zero-order valence-electron chi connectivity index (χ0n) is 13.9. The molecule has 0 aromatic heterocycles. The highest BCUT2D eigenvalue weighted by Crippen LogP contribution is 2.41. The van der Waals surface area contributed by atoms with E-state index in [1.807, 2.05) is 18.7 Å². The minimum absolute atomic E-state index is 0.0611. The third-order valence-electron chi connectivity index (χ3n) is 4.05. The van der Waals surface area contributed by atoms with Crippen LogP contribution in [0.4, 0.5) is 0 Å². The van der Waals surface area contributed by atoms with E-state index in [9.17, 15) is 4.79 Å². The number of rotatable bonds is 7. The van der Waals surface area contributed by atoms with Gasteiger partial charge in [0.15, 0.2) is 0 Å². The number of esters is 1. The summed E-state index contributed by atoms with van der Waals surface area (Å²) in [7, 11) is 0. The number of nitrogens with one attached hydrogen (secondary N) is 1. The van der Waals surface area contributed by atoms with Crippen molar-refractivity contribution in [3.8, 4) is 0 Å². The summed E-state index contributed by atoms with van der Waals surface area (Å²) >= 11 is 2.03. The van der Waals surface area contributed by atoms with Gasteiger partial charge in [-0.1, -0.05) is 20.8 Å². The molecule has 1 aliphatic rings. The Bertz CT molecular complexity index is 320. The average Bonchev–Trinajstić information content (AvgIpc) is 2.72. The van der Waals surface area contributed by atoms with E-state index in [4.69, 9.17) is 4.74 Å². The first-order valence-corrected chi connectivity index (χ1v) is 8.85. The van der Waals surface area contributed by atoms with Crippen LogP contribution in [0.25, 0.3) is 0 Å². The van der Waals surface area contributed by atoms with Gasteiger partial charge >= 0.3 is 5.97 Å². The van der Waals surface area contributed by atoms with Crippen molar-refractivity contribution in [2.75, 3.05) is 6.61 Å². The third kappa shape index (κ3) is 4.66. The molecule has 0 aliphatic heterocycles. The molecule has 1 fully saturated rings. The Kier molecular flexibility index (Phi) is 6.86. The van der Waals surface area contributed by atoms with E-state index in [0.29, 0.717) is 29.1 Å². The molecule has 1 rings (SSSR count). The van der Waals surface area contributed by atoms with Crippen LogP contribution in [0.3, 0.4) is 0 Å². The van der Waals surface area contributed by atoms with Crippen molar-refractivity contribution in [1.29, 1.82) is 0 Å². The van der Waals surface area contributed by atoms with E-state index >= 15 is 0 Å². The number of thioether (sulfide) groups is 1. The van der Waals surface area contributed by atoms with Crippen molar-refractivity contribution in [2.45, 2.75) is 82.9 Å². The molecule has 1 saturated carbocycles. The van der Waals surface area contributed by atoms with Gasteiger partial charge in [0.2, 0.25) is 0 Å². The highest BCUT2D eigenvalue weighted by molar-refractivity contribution is 8.00. The van der Waals surface area contributed by atoms with Crippen molar-refractivity contribution < 1.29 is 9.53 Å². The molecule has 0 amide bonds. The van der Waals surface area contributed by atoms with Gasteiger partial charge in [-0.25, -0.2) is 0 Å². The molecule has 20 heavy (non-hydrogen) atoms. The smallest absolute Gasteiger partial charge is 0.326 e. The van der Waals surface area contributed by atoms with Gasteiger partial charge in [0.25, 0.3) is 0 Å². The van der Waals surface area contributed by atoms with E-state index in [-0.39, 0.29) is 5.97 Å². The summed E-state index contributed by atoms with van der Waals surface area (Å²) in [4.78, 5) is 12.4. The predicted molar refractivity (Wildman–Crippen MR) is 87.2 cm³/mol. The lowest BCUT2D eigenvalue weighted by Crippen LogP contribution is -2.54. The lowest BCUT2D eigenvalue weighted by Gasteiger charge is -2.31. The van der Waals surface area contributed by atoms with Gasteiger partial charge in [-0.2, -0.15) is 11.8 Å². The summed E-state index contributed by atoms with van der Waals surface area (Å²) in [6.07, 6.45) is 2.89. The lowest BCUT2D eigenvalue weighted by molar-refractivity contribution is -0.151. The molecule has 3 atom stereocenters. The number of ether oxygens (including phenoxy) is 1. The highest BCUT2D eigenvalue weighted by Gasteiger charge is 2.47. The first-order valence-electron chi connectivity index (χ1n) is 7.91. The molecule has 3 nitrogen and oxygen atoms in total. The van der Waals surface area contributed by atoms with Crippen LogP contribution in [-0.2, 0) is 9.53 Å². The fraction of sp³-hybridized carbons (Fsp3) is 0.938. The normalized spacial score (nSPS) is 28.1. The predicted octanol–water partition coefficient (Wildman–Crippen LogP) is 3.62. The number of carbonyl (C=O) groups is 1. The van der Waals surface area contributed by atoms with Crippen molar-refractivity contribution in [3.63, 3.8) is 0 Å². The summed E-state index contributed by atoms with van der Waals surface area (Å²) in [6.45, 7) is 13.3. The largest absolute Gasteiger partial charge is 0.465 e. The van der Waals surface area contributed by atoms with E-state index in [0.717, 1.165) is 19.3 Å². The second-order valence-corrected chi connectivity index (χ2v) is 8.23. The zero-order chi connectivity index (χ0) is 15.3. The lowest BCUT2D eigenvalue weighted by atomic mass is 9.96. The molecular weight excluding hydrogens is 270 g/mol. The second-order valence-electron chi connectivity index (χ2n) is 6.55. The SMILES string of the molecule is CCOC(=O)C1(NC(C)C)CCC(SC(C)C(C)C)C1. The zero-order valence-corrected chi connectivity index (χ0v) is 14.7. The average molecular weight is 301 g/mol. The summed E-state index contributed by atoms with van der Waals surface area (Å²) in [6, 6.07) is 0.297. The van der Waals surface area contributed by atoms with E-state index < -0.39 is 5.54 Å². The Hall–Kier alpha value is -0.220. The maximum Gasteiger partial charge on any atom is 0.326 e. The quantitative estimate of drug-likeness (QED) is 0.729. The second kappa shape index (κ2) is 7.69. The molecule has 4 heteroatoms. The number of carbonyl (C=O) groups excluding carboxylic acids is 1. The minimum atomic E-state index is -0.460. The molecule has 0 radical (unpaired) electrons. The third-order valence-corrected chi connectivity index (χ3v) is 5.81. The first kappa shape index (κ1) is 17.8. The molecule has 1 aliphatic carbocycles. The summed E-state index contributed by atoms with van der Waals surface area (Å²) in [5.41, 5.74) is -0.460. The minimum Gasteiger partial charge on any atom is -0.465 e. The molecule has 118 valence electrons. The van der Waals surface area contributed by atoms with Gasteiger partial charge in [-0.05, 0) is 46.0 Å². The van der Waals surface area contributed by atoms with Crippen LogP contribution in [0.15, 0.2) is 0 Å². The molecule has 1 N–H and O–H groups in total. The molecule has 0 bridgehead atoms. The molecule has 0 saturated heterocycles. The molecule has 0 aromatic rings. The van der Waals surface area contributed by atoms with Gasteiger partial charge < -0.3 is 4.74 Å². The summed E-state index contributed by atoms with van der Waals surface area (Å²) < 4.78 is 5.32. The van der Waals surface area contributed by atoms with Gasteiger partial charge in [0.05, 0.1) is 6.61 Å². The maximum absolute atomic E-state index is 12.4. The highest BCUT2D eigenvalue weighted by atomic mass is 32.2. The molecule has 0 aromatic carbocycles. The fourth-order valence-electron chi connectivity index (χ4n) is 2.77. The Balaban J connectivity index is 2.71. The number of hydrogen-bond donors (Lipinski definition) is 1.